The third-order valence-corrected chi connectivity index (χ3v) is 14.5. The van der Waals surface area contributed by atoms with Crippen LogP contribution in [0.2, 0.25) is 0 Å². The van der Waals surface area contributed by atoms with Gasteiger partial charge in [0.2, 0.25) is 59.1 Å². The van der Waals surface area contributed by atoms with Crippen LogP contribution in [0.15, 0.2) is 0 Å². The molecule has 0 spiro atoms. The van der Waals surface area contributed by atoms with E-state index in [9.17, 15) is 122 Å². The van der Waals surface area contributed by atoms with Gasteiger partial charge in [0.25, 0.3) is 0 Å². The second-order valence-corrected chi connectivity index (χ2v) is 22.8. The zero-order valence-corrected chi connectivity index (χ0v) is 56.3. The molecule has 100 heavy (non-hydrogen) atoms. The molecule has 0 aromatic heterocycles. The Balaban J connectivity index is 5.10. The van der Waals surface area contributed by atoms with Crippen molar-refractivity contribution in [2.75, 3.05) is 79.3 Å². The van der Waals surface area contributed by atoms with Crippen molar-refractivity contribution in [3.05, 3.63) is 0 Å². The van der Waals surface area contributed by atoms with E-state index in [4.69, 9.17) is 28.8 Å². The van der Waals surface area contributed by atoms with Crippen LogP contribution in [0.3, 0.4) is 0 Å². The molecule has 41 nitrogen and oxygen atoms in total. The van der Waals surface area contributed by atoms with Crippen molar-refractivity contribution in [3.63, 3.8) is 0 Å². The average molecular weight is 1440 g/mol. The largest absolute Gasteiger partial charge is 0.481 e. The summed E-state index contributed by atoms with van der Waals surface area (Å²) in [7, 11) is 0. The lowest BCUT2D eigenvalue weighted by atomic mass is 9.97. The first-order valence-electron chi connectivity index (χ1n) is 31.7. The predicted octanol–water partition coefficient (Wildman–Crippen LogP) is -6.25. The first-order valence-corrected chi connectivity index (χ1v) is 31.7. The van der Waals surface area contributed by atoms with Crippen LogP contribution in [0.25, 0.3) is 0 Å². The van der Waals surface area contributed by atoms with E-state index in [1.54, 1.807) is 33.0 Å². The summed E-state index contributed by atoms with van der Waals surface area (Å²) in [4.78, 5) is 212. The van der Waals surface area contributed by atoms with E-state index in [2.05, 4.69) is 37.2 Å². The predicted molar refractivity (Wildman–Crippen MR) is 336 cm³/mol. The number of carbonyl (C=O) groups is 17. The standard InChI is InChI=1S/C59H96N10O31/c1-7-31(5)48(56(90)60-33(9-11-42(74)75)50(84)65-38(28-70)54(88)62-35(25-44(78)79)52(86)64-37(58(92)93)27-46(82)83)67-40(72)13-15-96-17-19-98-21-23-100-24-22-99-20-18-97-16-14-41(73)68-49(32(6)8-2)57(91)61-34(10-12-43(76)77)51(85)66-39(29-71)55(89)63-36(26-45(80)81)53(87)69-47(30(3)4)59(94)95/h30-39,47-49,70-71H,7-29H2,1-6H3,(H,60,90)(H,61,91)(H,62,88)(H,63,89)(H,64,86)(H,65,84)(H,66,85)(H,67,72)(H,68,73)(H,69,87)(H,74,75)(H,76,77)(H,78,79)(H,80,81)(H,82,83)(H,92,93)(H,94,95)/t31-,32-,33-,34-,35-,36-,37-,38-,39-,47-,48-,49-/m0/s1. The van der Waals surface area contributed by atoms with Gasteiger partial charge in [-0.3, -0.25) is 71.9 Å². The number of hydrogen-bond acceptors (Lipinski definition) is 24. The zero-order valence-electron chi connectivity index (χ0n) is 56.3. The molecular weight excluding hydrogens is 1340 g/mol. The molecule has 0 aliphatic carbocycles. The Labute approximate surface area is 573 Å². The molecule has 10 amide bonds. The number of hydrogen-bond donors (Lipinski definition) is 19. The monoisotopic (exact) mass is 1440 g/mol. The average Bonchev–Trinajstić information content (AvgIpc) is 0.875. The summed E-state index contributed by atoms with van der Waals surface area (Å²) < 4.78 is 27.3. The number of aliphatic hydroxyl groups is 2. The number of carbonyl (C=O) groups excluding carboxylic acids is 10. The molecule has 568 valence electrons. The number of carboxylic acids is 7. The Morgan fingerprint density at radius 3 is 0.840 bits per heavy atom. The SMILES string of the molecule is CC[C@H](C)[C@H](NC(=O)CCOCCOCCOCCOCCOCCC(=O)N[C@H](C(=O)N[C@@H](CCC(=O)O)C(=O)N[C@@H](CO)C(=O)N[C@@H](CC(=O)O)C(=O)N[C@H](C(=O)O)C(C)C)[C@@H](C)CC)C(=O)N[C@@H](CCC(=O)O)C(=O)N[C@@H](CO)C(=O)N[C@@H](CC(=O)O)C(=O)N[C@@H](CC(=O)O)C(=O)O. The first-order chi connectivity index (χ1) is 47.0. The number of nitrogens with one attached hydrogen (secondary N) is 10. The summed E-state index contributed by atoms with van der Waals surface area (Å²) in [6.07, 6.45) is -5.69. The van der Waals surface area contributed by atoms with Gasteiger partial charge in [-0.05, 0) is 30.6 Å². The van der Waals surface area contributed by atoms with Gasteiger partial charge in [0.05, 0.1) is 98.5 Å². The van der Waals surface area contributed by atoms with Crippen LogP contribution in [0.5, 0.6) is 0 Å². The Hall–Kier alpha value is -9.29. The van der Waals surface area contributed by atoms with Crippen molar-refractivity contribution in [1.29, 1.82) is 0 Å². The summed E-state index contributed by atoms with van der Waals surface area (Å²) in [5, 5.41) is 107. The molecule has 0 unspecified atom stereocenters. The zero-order chi connectivity index (χ0) is 76.2. The topological polar surface area (TPSA) is 639 Å². The third kappa shape index (κ3) is 38.7. The van der Waals surface area contributed by atoms with Crippen LogP contribution >= 0.6 is 0 Å². The molecule has 0 radical (unpaired) electrons. The van der Waals surface area contributed by atoms with Crippen molar-refractivity contribution in [3.8, 4) is 0 Å². The number of carboxylic acid groups (broad SMARTS) is 7. The van der Waals surface area contributed by atoms with E-state index < -0.39 is 237 Å². The van der Waals surface area contributed by atoms with E-state index in [0.717, 1.165) is 0 Å². The Morgan fingerprint density at radius 2 is 0.560 bits per heavy atom. The van der Waals surface area contributed by atoms with Crippen LogP contribution in [0.4, 0.5) is 0 Å². The molecule has 0 aromatic rings. The van der Waals surface area contributed by atoms with E-state index in [-0.39, 0.29) is 78.9 Å². The molecule has 0 rings (SSSR count). The second kappa shape index (κ2) is 50.1. The van der Waals surface area contributed by atoms with Crippen LogP contribution < -0.4 is 53.2 Å². The molecule has 0 aliphatic rings. The summed E-state index contributed by atoms with van der Waals surface area (Å²) in [6.45, 7) is 7.85. The maximum atomic E-state index is 13.6. The molecule has 0 aromatic carbocycles. The molecule has 0 heterocycles. The van der Waals surface area contributed by atoms with Gasteiger partial charge in [0.1, 0.15) is 60.4 Å². The fourth-order valence-electron chi connectivity index (χ4n) is 8.46. The molecule has 0 saturated heterocycles. The third-order valence-electron chi connectivity index (χ3n) is 14.5. The van der Waals surface area contributed by atoms with Crippen LogP contribution in [-0.2, 0) is 105 Å². The minimum absolute atomic E-state index is 0.0445. The lowest BCUT2D eigenvalue weighted by Crippen LogP contribution is -2.60. The smallest absolute Gasteiger partial charge is 0.326 e. The lowest BCUT2D eigenvalue weighted by molar-refractivity contribution is -0.148. The van der Waals surface area contributed by atoms with E-state index >= 15 is 0 Å². The maximum absolute atomic E-state index is 13.6. The summed E-state index contributed by atoms with van der Waals surface area (Å²) in [6, 6.07) is -17.3. The fraction of sp³-hybridized carbons (Fsp3) is 0.712. The van der Waals surface area contributed by atoms with Crippen LogP contribution in [-0.4, -0.2) is 287 Å². The van der Waals surface area contributed by atoms with Gasteiger partial charge >= 0.3 is 41.8 Å². The van der Waals surface area contributed by atoms with Crippen molar-refractivity contribution < 1.29 is 151 Å². The Kier molecular flexibility index (Phi) is 45.4. The van der Waals surface area contributed by atoms with Gasteiger partial charge < -0.3 is 123 Å². The van der Waals surface area contributed by atoms with Gasteiger partial charge in [-0.25, -0.2) is 9.59 Å². The number of ether oxygens (including phenoxy) is 5. The molecule has 41 heteroatoms. The van der Waals surface area contributed by atoms with Crippen molar-refractivity contribution >= 4 is 101 Å². The molecule has 0 aliphatic heterocycles. The molecule has 19 N–H and O–H groups in total. The highest BCUT2D eigenvalue weighted by Crippen LogP contribution is 2.13. The Bertz CT molecular complexity index is 2740. The maximum Gasteiger partial charge on any atom is 0.326 e. The highest BCUT2D eigenvalue weighted by Gasteiger charge is 2.38. The molecular formula is C59H96N10O31. The van der Waals surface area contributed by atoms with Gasteiger partial charge in [-0.15, -0.1) is 0 Å². The minimum Gasteiger partial charge on any atom is -0.481 e. The summed E-state index contributed by atoms with van der Waals surface area (Å²) in [5.41, 5.74) is 0. The van der Waals surface area contributed by atoms with Crippen LogP contribution in [0.1, 0.15) is 112 Å². The molecule has 0 saturated carbocycles. The number of amides is 10. The number of rotatable bonds is 57. The normalized spacial score (nSPS) is 14.7. The molecule has 0 bridgehead atoms. The van der Waals surface area contributed by atoms with Crippen molar-refractivity contribution in [1.82, 2.24) is 53.2 Å². The lowest BCUT2D eigenvalue weighted by Gasteiger charge is -2.27. The van der Waals surface area contributed by atoms with Crippen molar-refractivity contribution in [2.24, 2.45) is 17.8 Å². The highest BCUT2D eigenvalue weighted by molar-refractivity contribution is 5.99. The second-order valence-electron chi connectivity index (χ2n) is 22.8. The summed E-state index contributed by atoms with van der Waals surface area (Å²) >= 11 is 0. The van der Waals surface area contributed by atoms with Gasteiger partial charge in [0.15, 0.2) is 0 Å². The quantitative estimate of drug-likeness (QED) is 0.0252. The van der Waals surface area contributed by atoms with Gasteiger partial charge in [0, 0.05) is 25.7 Å². The minimum atomic E-state index is -2.06. The molecule has 0 fully saturated rings. The Morgan fingerprint density at radius 1 is 0.290 bits per heavy atom. The first kappa shape index (κ1) is 90.7. The molecule has 12 atom stereocenters. The highest BCUT2D eigenvalue weighted by atomic mass is 16.6. The number of aliphatic hydroxyl groups excluding tert-OH is 2. The van der Waals surface area contributed by atoms with Crippen molar-refractivity contribution in [2.45, 2.75) is 173 Å². The van der Waals surface area contributed by atoms with E-state index in [1.807, 2.05) is 10.6 Å². The van der Waals surface area contributed by atoms with E-state index in [1.165, 1.54) is 13.8 Å². The van der Waals surface area contributed by atoms with Gasteiger partial charge in [-0.1, -0.05) is 54.4 Å². The fourth-order valence-corrected chi connectivity index (χ4v) is 8.46. The van der Waals surface area contributed by atoms with E-state index in [0.29, 0.717) is 12.8 Å². The summed E-state index contributed by atoms with van der Waals surface area (Å²) in [5.74, 6) is -23.6. The van der Waals surface area contributed by atoms with Crippen LogP contribution in [0, 0.1) is 17.8 Å². The van der Waals surface area contributed by atoms with Gasteiger partial charge in [-0.2, -0.15) is 0 Å². The number of aliphatic carboxylic acids is 7.